The van der Waals surface area contributed by atoms with Gasteiger partial charge in [0.1, 0.15) is 6.54 Å². The van der Waals surface area contributed by atoms with E-state index in [1.165, 1.54) is 11.6 Å². The van der Waals surface area contributed by atoms with Crippen molar-refractivity contribution in [2.75, 3.05) is 13.1 Å². The minimum Gasteiger partial charge on any atom is -0.348 e. The van der Waals surface area contributed by atoms with E-state index in [9.17, 15) is 19.2 Å². The molecule has 0 unspecified atom stereocenters. The summed E-state index contributed by atoms with van der Waals surface area (Å²) in [6, 6.07) is 6.96. The van der Waals surface area contributed by atoms with Crippen LogP contribution in [0.3, 0.4) is 0 Å². The molecule has 1 aromatic rings. The lowest BCUT2D eigenvalue weighted by molar-refractivity contribution is -0.143. The van der Waals surface area contributed by atoms with Crippen molar-refractivity contribution in [2.24, 2.45) is 0 Å². The predicted molar refractivity (Wildman–Crippen MR) is 89.3 cm³/mol. The zero-order valence-electron chi connectivity index (χ0n) is 13.7. The van der Waals surface area contributed by atoms with E-state index in [1.807, 2.05) is 24.3 Å². The van der Waals surface area contributed by atoms with Crippen LogP contribution in [-0.4, -0.2) is 46.6 Å². The fourth-order valence-electron chi connectivity index (χ4n) is 3.27. The molecule has 5 amide bonds. The van der Waals surface area contributed by atoms with Crippen LogP contribution in [-0.2, 0) is 20.8 Å². The summed E-state index contributed by atoms with van der Waals surface area (Å²) in [4.78, 5) is 49.6. The number of carbonyl (C=O) groups is 4. The molecule has 7 nitrogen and oxygen atoms in total. The quantitative estimate of drug-likeness (QED) is 0.495. The Morgan fingerprint density at radius 1 is 1.20 bits per heavy atom. The number of nitrogens with zero attached hydrogens (tertiary/aromatic N) is 2. The van der Waals surface area contributed by atoms with Crippen LogP contribution in [0.1, 0.15) is 30.0 Å². The van der Waals surface area contributed by atoms with Crippen LogP contribution in [0.15, 0.2) is 36.9 Å². The van der Waals surface area contributed by atoms with Gasteiger partial charge in [0.2, 0.25) is 5.91 Å². The topological polar surface area (TPSA) is 86.8 Å². The van der Waals surface area contributed by atoms with E-state index in [1.54, 1.807) is 0 Å². The number of carbonyl (C=O) groups excluding carboxylic acids is 4. The van der Waals surface area contributed by atoms with Crippen LogP contribution in [0.5, 0.6) is 0 Å². The average Bonchev–Trinajstić information content (AvgIpc) is 2.80. The highest BCUT2D eigenvalue weighted by Crippen LogP contribution is 2.29. The molecule has 1 N–H and O–H groups in total. The van der Waals surface area contributed by atoms with Crippen molar-refractivity contribution in [2.45, 2.75) is 25.3 Å². The van der Waals surface area contributed by atoms with Gasteiger partial charge >= 0.3 is 17.8 Å². The van der Waals surface area contributed by atoms with Gasteiger partial charge in [0.25, 0.3) is 0 Å². The number of fused-ring (bicyclic) bond motifs is 1. The molecule has 0 aromatic heterocycles. The predicted octanol–water partition coefficient (Wildman–Crippen LogP) is 1.16. The molecule has 0 saturated carbocycles. The molecule has 1 aliphatic carbocycles. The van der Waals surface area contributed by atoms with Gasteiger partial charge in [0, 0.05) is 6.54 Å². The number of benzene rings is 1. The maximum Gasteiger partial charge on any atom is 0.335 e. The molecular weight excluding hydrogens is 322 g/mol. The van der Waals surface area contributed by atoms with E-state index < -0.39 is 30.3 Å². The van der Waals surface area contributed by atoms with Gasteiger partial charge in [-0.25, -0.2) is 9.69 Å². The van der Waals surface area contributed by atoms with E-state index in [-0.39, 0.29) is 12.6 Å². The Bertz CT molecular complexity index is 758. The van der Waals surface area contributed by atoms with Crippen molar-refractivity contribution in [3.8, 4) is 0 Å². The third-order valence-electron chi connectivity index (χ3n) is 4.45. The Labute approximate surface area is 145 Å². The van der Waals surface area contributed by atoms with Crippen molar-refractivity contribution in [3.05, 3.63) is 48.0 Å². The second-order valence-corrected chi connectivity index (χ2v) is 6.09. The molecular formula is C18H19N3O4. The molecule has 1 aromatic carbocycles. The molecule has 1 aliphatic heterocycles. The molecule has 1 atom stereocenters. The number of aryl methyl sites for hydroxylation is 1. The Kier molecular flexibility index (Phi) is 4.65. The highest BCUT2D eigenvalue weighted by atomic mass is 16.2. The van der Waals surface area contributed by atoms with Crippen molar-refractivity contribution >= 4 is 23.8 Å². The maximum atomic E-state index is 12.3. The molecule has 0 radical (unpaired) electrons. The van der Waals surface area contributed by atoms with Gasteiger partial charge in [-0.05, 0) is 30.4 Å². The third-order valence-corrected chi connectivity index (χ3v) is 4.45. The van der Waals surface area contributed by atoms with E-state index in [2.05, 4.69) is 11.9 Å². The Morgan fingerprint density at radius 2 is 1.92 bits per heavy atom. The summed E-state index contributed by atoms with van der Waals surface area (Å²) in [5, 5.41) is 2.87. The highest BCUT2D eigenvalue weighted by molar-refractivity contribution is 6.45. The SMILES string of the molecule is C=CCN1C(=O)C(=O)N(CC(=O)N[C@@H]2CCCc3ccccc32)C1=O. The Balaban J connectivity index is 1.68. The lowest BCUT2D eigenvalue weighted by atomic mass is 9.88. The molecule has 0 spiro atoms. The molecule has 130 valence electrons. The van der Waals surface area contributed by atoms with E-state index in [4.69, 9.17) is 0 Å². The first-order valence-electron chi connectivity index (χ1n) is 8.18. The summed E-state index contributed by atoms with van der Waals surface area (Å²) in [5.41, 5.74) is 2.25. The minimum atomic E-state index is -0.981. The maximum absolute atomic E-state index is 12.3. The van der Waals surface area contributed by atoms with Gasteiger partial charge in [-0.1, -0.05) is 30.3 Å². The Morgan fingerprint density at radius 3 is 2.68 bits per heavy atom. The van der Waals surface area contributed by atoms with Gasteiger partial charge in [-0.15, -0.1) is 6.58 Å². The first-order chi connectivity index (χ1) is 12.0. The van der Waals surface area contributed by atoms with E-state index in [0.717, 1.165) is 29.7 Å². The fraction of sp³-hybridized carbons (Fsp3) is 0.333. The zero-order chi connectivity index (χ0) is 18.0. The minimum absolute atomic E-state index is 0.0580. The second-order valence-electron chi connectivity index (χ2n) is 6.09. The number of urea groups is 1. The van der Waals surface area contributed by atoms with Gasteiger partial charge in [0.15, 0.2) is 0 Å². The Hall–Kier alpha value is -2.96. The monoisotopic (exact) mass is 341 g/mol. The van der Waals surface area contributed by atoms with E-state index >= 15 is 0 Å². The van der Waals surface area contributed by atoms with Crippen LogP contribution >= 0.6 is 0 Å². The fourth-order valence-corrected chi connectivity index (χ4v) is 3.27. The van der Waals surface area contributed by atoms with Crippen LogP contribution < -0.4 is 5.32 Å². The largest absolute Gasteiger partial charge is 0.348 e. The van der Waals surface area contributed by atoms with Crippen LogP contribution in [0, 0.1) is 0 Å². The number of nitrogens with one attached hydrogen (secondary N) is 1. The average molecular weight is 341 g/mol. The molecule has 7 heteroatoms. The smallest absolute Gasteiger partial charge is 0.335 e. The number of amides is 5. The van der Waals surface area contributed by atoms with Crippen LogP contribution in [0.4, 0.5) is 4.79 Å². The van der Waals surface area contributed by atoms with Crippen molar-refractivity contribution in [1.82, 2.24) is 15.1 Å². The summed E-state index contributed by atoms with van der Waals surface area (Å²) >= 11 is 0. The van der Waals surface area contributed by atoms with Crippen molar-refractivity contribution in [1.29, 1.82) is 0 Å². The molecule has 0 bridgehead atoms. The van der Waals surface area contributed by atoms with Crippen molar-refractivity contribution < 1.29 is 19.2 Å². The zero-order valence-corrected chi connectivity index (χ0v) is 13.7. The van der Waals surface area contributed by atoms with Gasteiger partial charge in [-0.3, -0.25) is 19.3 Å². The molecule has 3 rings (SSSR count). The molecule has 1 saturated heterocycles. The summed E-state index contributed by atoms with van der Waals surface area (Å²) in [6.07, 6.45) is 4.07. The number of hydrogen-bond acceptors (Lipinski definition) is 4. The first kappa shape index (κ1) is 16.9. The second kappa shape index (κ2) is 6.88. The first-order valence-corrected chi connectivity index (χ1v) is 8.18. The molecule has 1 heterocycles. The standard InChI is InChI=1S/C18H19N3O4/c1-2-10-20-16(23)17(24)21(18(20)25)11-15(22)19-14-9-5-7-12-6-3-4-8-13(12)14/h2-4,6,8,14H,1,5,7,9-11H2,(H,19,22)/t14-/m1/s1. The van der Waals surface area contributed by atoms with Crippen molar-refractivity contribution in [3.63, 3.8) is 0 Å². The van der Waals surface area contributed by atoms with Crippen LogP contribution in [0.2, 0.25) is 0 Å². The third kappa shape index (κ3) is 3.17. The number of hydrogen-bond donors (Lipinski definition) is 1. The highest BCUT2D eigenvalue weighted by Gasteiger charge is 2.44. The lowest BCUT2D eigenvalue weighted by Crippen LogP contribution is -2.43. The molecule has 2 aliphatic rings. The van der Waals surface area contributed by atoms with E-state index in [0.29, 0.717) is 4.90 Å². The van der Waals surface area contributed by atoms with Crippen LogP contribution in [0.25, 0.3) is 0 Å². The molecule has 1 fully saturated rings. The summed E-state index contributed by atoms with van der Waals surface area (Å²) in [7, 11) is 0. The van der Waals surface area contributed by atoms with Gasteiger partial charge < -0.3 is 5.32 Å². The summed E-state index contributed by atoms with van der Waals surface area (Å²) < 4.78 is 0. The number of imide groups is 2. The molecule has 25 heavy (non-hydrogen) atoms. The normalized spacial score (nSPS) is 19.8. The summed E-state index contributed by atoms with van der Waals surface area (Å²) in [6.45, 7) is 2.93. The van der Waals surface area contributed by atoms with Gasteiger partial charge in [0.05, 0.1) is 6.04 Å². The lowest BCUT2D eigenvalue weighted by Gasteiger charge is -2.27. The van der Waals surface area contributed by atoms with Gasteiger partial charge in [-0.2, -0.15) is 0 Å². The number of rotatable bonds is 5. The summed E-state index contributed by atoms with van der Waals surface area (Å²) in [5.74, 6) is -2.37.